The lowest BCUT2D eigenvalue weighted by molar-refractivity contribution is -0.168. The standard InChI is InChI=1S/C26H31NO11/c1-13-4-5-15(28)22-21(13)25-10-11-27(3)14(2)26(25,35)9-8-16(23(25)38-22)36-19(31)6-7-20(32)37-17(24(33)34)12-18(29)30/h4-5,8,14,17,23,28,35H,6-7,9-12H2,1-3H3,(H,29,30)(H,33,34). The fraction of sp³-hybridized carbons (Fsp3) is 0.538. The SMILES string of the molecule is Cc1ccc(O)c2c1C13CCN(C)C(C)C1(O)CC=C(OC(=O)CCC(=O)OC(CC(=O)O)C(=O)O)C3O2. The number of ether oxygens (including phenoxy) is 3. The predicted octanol–water partition coefficient (Wildman–Crippen LogP) is 1.24. The number of phenols is 1. The molecule has 1 aromatic carbocycles. The summed E-state index contributed by atoms with van der Waals surface area (Å²) in [7, 11) is 1.92. The number of nitrogens with zero attached hydrogens (tertiary/aromatic N) is 1. The highest BCUT2D eigenvalue weighted by atomic mass is 16.6. The van der Waals surface area contributed by atoms with Crippen LogP contribution in [0.5, 0.6) is 11.5 Å². The minimum absolute atomic E-state index is 0.0916. The first-order chi connectivity index (χ1) is 17.8. The second-order valence-corrected chi connectivity index (χ2v) is 10.1. The molecular weight excluding hydrogens is 502 g/mol. The van der Waals surface area contributed by atoms with Crippen LogP contribution >= 0.6 is 0 Å². The molecule has 2 aliphatic heterocycles. The fourth-order valence-electron chi connectivity index (χ4n) is 5.95. The van der Waals surface area contributed by atoms with Gasteiger partial charge in [-0.3, -0.25) is 14.4 Å². The summed E-state index contributed by atoms with van der Waals surface area (Å²) in [6.07, 6.45) is -2.50. The highest BCUT2D eigenvalue weighted by Crippen LogP contribution is 2.62. The number of aryl methyl sites for hydroxylation is 1. The van der Waals surface area contributed by atoms with E-state index in [0.717, 1.165) is 5.56 Å². The monoisotopic (exact) mass is 533 g/mol. The minimum Gasteiger partial charge on any atom is -0.504 e. The molecule has 1 fully saturated rings. The van der Waals surface area contributed by atoms with Crippen molar-refractivity contribution in [2.24, 2.45) is 0 Å². The molecule has 1 saturated heterocycles. The molecule has 1 aliphatic carbocycles. The normalized spacial score (nSPS) is 28.6. The molecule has 3 aliphatic rings. The van der Waals surface area contributed by atoms with E-state index in [9.17, 15) is 29.4 Å². The summed E-state index contributed by atoms with van der Waals surface area (Å²) in [5.41, 5.74) is -0.815. The second-order valence-electron chi connectivity index (χ2n) is 10.1. The molecule has 206 valence electrons. The maximum absolute atomic E-state index is 12.7. The van der Waals surface area contributed by atoms with Crippen molar-refractivity contribution < 1.29 is 53.8 Å². The van der Waals surface area contributed by atoms with Gasteiger partial charge in [0.05, 0.1) is 30.3 Å². The second kappa shape index (κ2) is 9.91. The van der Waals surface area contributed by atoms with Gasteiger partial charge in [-0.05, 0) is 51.6 Å². The Morgan fingerprint density at radius 3 is 2.53 bits per heavy atom. The number of aromatic hydroxyl groups is 1. The first-order valence-electron chi connectivity index (χ1n) is 12.3. The number of phenolic OH excluding ortho intramolecular Hbond substituents is 1. The van der Waals surface area contributed by atoms with E-state index in [-0.39, 0.29) is 29.7 Å². The molecule has 5 atom stereocenters. The molecule has 4 N–H and O–H groups in total. The summed E-state index contributed by atoms with van der Waals surface area (Å²) in [6, 6.07) is 2.98. The van der Waals surface area contributed by atoms with Crippen LogP contribution in [0.2, 0.25) is 0 Å². The number of hydrogen-bond donors (Lipinski definition) is 4. The van der Waals surface area contributed by atoms with E-state index >= 15 is 0 Å². The van der Waals surface area contributed by atoms with Gasteiger partial charge in [-0.15, -0.1) is 0 Å². The van der Waals surface area contributed by atoms with Crippen LogP contribution in [-0.4, -0.2) is 86.6 Å². The Morgan fingerprint density at radius 1 is 1.18 bits per heavy atom. The van der Waals surface area contributed by atoms with E-state index < -0.39 is 66.4 Å². The minimum atomic E-state index is -1.87. The smallest absolute Gasteiger partial charge is 0.345 e. The van der Waals surface area contributed by atoms with Crippen molar-refractivity contribution in [3.8, 4) is 11.5 Å². The number of esters is 2. The number of likely N-dealkylation sites (tertiary alicyclic amines) is 1. The zero-order valence-electron chi connectivity index (χ0n) is 21.3. The third-order valence-electron chi connectivity index (χ3n) is 8.01. The molecule has 2 heterocycles. The van der Waals surface area contributed by atoms with Gasteiger partial charge < -0.3 is 39.5 Å². The Morgan fingerprint density at radius 2 is 1.87 bits per heavy atom. The average Bonchev–Trinajstić information content (AvgIpc) is 3.22. The Balaban J connectivity index is 1.55. The number of carbonyl (C=O) groups excluding carboxylic acids is 2. The van der Waals surface area contributed by atoms with Crippen LogP contribution in [0.4, 0.5) is 0 Å². The Hall–Kier alpha value is -3.64. The molecule has 0 amide bonds. The van der Waals surface area contributed by atoms with Crippen molar-refractivity contribution in [3.63, 3.8) is 0 Å². The van der Waals surface area contributed by atoms with E-state index in [0.29, 0.717) is 18.5 Å². The number of carboxylic acids is 2. The first kappa shape index (κ1) is 27.4. The lowest BCUT2D eigenvalue weighted by atomic mass is 9.54. The van der Waals surface area contributed by atoms with Gasteiger partial charge in [0.25, 0.3) is 0 Å². The average molecular weight is 534 g/mol. The maximum atomic E-state index is 12.7. The number of fused-ring (bicyclic) bond motifs is 1. The molecule has 4 rings (SSSR count). The highest BCUT2D eigenvalue weighted by Gasteiger charge is 2.69. The van der Waals surface area contributed by atoms with Crippen molar-refractivity contribution in [1.82, 2.24) is 4.90 Å². The van der Waals surface area contributed by atoms with Crippen molar-refractivity contribution in [3.05, 3.63) is 35.1 Å². The van der Waals surface area contributed by atoms with E-state index in [4.69, 9.17) is 19.7 Å². The number of piperidine rings is 1. The van der Waals surface area contributed by atoms with E-state index in [1.54, 1.807) is 12.1 Å². The van der Waals surface area contributed by atoms with Gasteiger partial charge in [0.1, 0.15) is 5.76 Å². The van der Waals surface area contributed by atoms with Crippen LogP contribution in [0.25, 0.3) is 0 Å². The van der Waals surface area contributed by atoms with Crippen LogP contribution < -0.4 is 4.74 Å². The zero-order valence-corrected chi connectivity index (χ0v) is 21.3. The van der Waals surface area contributed by atoms with E-state index in [1.165, 1.54) is 6.07 Å². The molecule has 0 saturated carbocycles. The number of aliphatic hydroxyl groups is 1. The highest BCUT2D eigenvalue weighted by molar-refractivity contribution is 5.84. The Kier molecular flexibility index (Phi) is 7.15. The van der Waals surface area contributed by atoms with Crippen LogP contribution in [0.15, 0.2) is 24.0 Å². The number of benzene rings is 1. The molecule has 12 heteroatoms. The number of aliphatic carboxylic acids is 2. The van der Waals surface area contributed by atoms with Crippen molar-refractivity contribution in [2.45, 2.75) is 75.2 Å². The molecule has 1 aromatic rings. The van der Waals surface area contributed by atoms with E-state index in [1.807, 2.05) is 25.8 Å². The molecule has 5 unspecified atom stereocenters. The molecule has 1 spiro atoms. The van der Waals surface area contributed by atoms with Crippen LogP contribution in [0.3, 0.4) is 0 Å². The molecular formula is C26H31NO11. The zero-order chi connectivity index (χ0) is 28.0. The third-order valence-corrected chi connectivity index (χ3v) is 8.01. The summed E-state index contributed by atoms with van der Waals surface area (Å²) in [5, 5.41) is 40.5. The summed E-state index contributed by atoms with van der Waals surface area (Å²) >= 11 is 0. The number of rotatable bonds is 8. The lowest BCUT2D eigenvalue weighted by Gasteiger charge is -2.58. The van der Waals surface area contributed by atoms with Gasteiger partial charge >= 0.3 is 23.9 Å². The number of hydrogen-bond acceptors (Lipinski definition) is 10. The Labute approximate surface area is 218 Å². The van der Waals surface area contributed by atoms with Crippen molar-refractivity contribution >= 4 is 23.9 Å². The number of carboxylic acid groups (broad SMARTS) is 2. The largest absolute Gasteiger partial charge is 0.504 e. The number of carbonyl (C=O) groups is 4. The third kappa shape index (κ3) is 4.37. The predicted molar refractivity (Wildman–Crippen MR) is 128 cm³/mol. The van der Waals surface area contributed by atoms with Crippen LogP contribution in [0.1, 0.15) is 50.2 Å². The van der Waals surface area contributed by atoms with Crippen LogP contribution in [0, 0.1) is 6.92 Å². The molecule has 0 aromatic heterocycles. The van der Waals surface area contributed by atoms with Gasteiger partial charge in [0.15, 0.2) is 17.6 Å². The topological polar surface area (TPSA) is 180 Å². The summed E-state index contributed by atoms with van der Waals surface area (Å²) in [5.74, 6) is -4.66. The maximum Gasteiger partial charge on any atom is 0.345 e. The lowest BCUT2D eigenvalue weighted by Crippen LogP contribution is -2.71. The fourth-order valence-corrected chi connectivity index (χ4v) is 5.95. The van der Waals surface area contributed by atoms with Gasteiger partial charge in [-0.2, -0.15) is 0 Å². The van der Waals surface area contributed by atoms with Crippen molar-refractivity contribution in [1.29, 1.82) is 0 Å². The summed E-state index contributed by atoms with van der Waals surface area (Å²) in [4.78, 5) is 48.7. The number of likely N-dealkylation sites (N-methyl/N-ethyl adjacent to an activating group) is 1. The molecule has 0 radical (unpaired) electrons. The first-order valence-corrected chi connectivity index (χ1v) is 12.3. The van der Waals surface area contributed by atoms with Gasteiger partial charge in [0.2, 0.25) is 6.10 Å². The molecule has 12 nitrogen and oxygen atoms in total. The van der Waals surface area contributed by atoms with Crippen molar-refractivity contribution in [2.75, 3.05) is 13.6 Å². The van der Waals surface area contributed by atoms with Gasteiger partial charge in [-0.1, -0.05) is 6.07 Å². The van der Waals surface area contributed by atoms with Gasteiger partial charge in [-0.25, -0.2) is 4.79 Å². The Bertz CT molecular complexity index is 1210. The summed E-state index contributed by atoms with van der Waals surface area (Å²) < 4.78 is 16.5. The quantitative estimate of drug-likeness (QED) is 0.352. The summed E-state index contributed by atoms with van der Waals surface area (Å²) in [6.45, 7) is 4.40. The van der Waals surface area contributed by atoms with Gasteiger partial charge in [0, 0.05) is 18.0 Å². The van der Waals surface area contributed by atoms with Crippen LogP contribution in [-0.2, 0) is 34.1 Å². The molecule has 38 heavy (non-hydrogen) atoms. The molecule has 0 bridgehead atoms. The van der Waals surface area contributed by atoms with E-state index in [2.05, 4.69) is 4.74 Å².